The van der Waals surface area contributed by atoms with E-state index in [1.54, 1.807) is 48.7 Å². The fourth-order valence-electron chi connectivity index (χ4n) is 8.30. The maximum atomic E-state index is 14.5. The molecule has 1 aliphatic heterocycles. The zero-order chi connectivity index (χ0) is 52.0. The van der Waals surface area contributed by atoms with E-state index in [2.05, 4.69) is 63.1 Å². The Hall–Kier alpha value is -7.29. The van der Waals surface area contributed by atoms with Crippen molar-refractivity contribution in [3.8, 4) is 0 Å². The molecule has 0 radical (unpaired) electrons. The molecule has 0 saturated carbocycles. The van der Waals surface area contributed by atoms with E-state index in [0.717, 1.165) is 22.9 Å². The molecule has 14 N–H and O–H groups in total. The molecule has 3 aromatic carbocycles. The van der Waals surface area contributed by atoms with Gasteiger partial charge in [0.15, 0.2) is 5.96 Å². The molecule has 2 heterocycles. The van der Waals surface area contributed by atoms with Crippen LogP contribution >= 0.6 is 15.9 Å². The van der Waals surface area contributed by atoms with Crippen molar-refractivity contribution in [3.63, 3.8) is 0 Å². The molecule has 8 amide bonds. The summed E-state index contributed by atoms with van der Waals surface area (Å²) in [6, 6.07) is 15.7. The van der Waals surface area contributed by atoms with Crippen LogP contribution in [-0.4, -0.2) is 101 Å². The van der Waals surface area contributed by atoms with Gasteiger partial charge in [0.1, 0.15) is 30.2 Å². The minimum atomic E-state index is -1.28. The summed E-state index contributed by atoms with van der Waals surface area (Å²) in [6.07, 6.45) is 4.03. The van der Waals surface area contributed by atoms with Crippen molar-refractivity contribution in [2.24, 2.45) is 22.2 Å². The van der Waals surface area contributed by atoms with Crippen molar-refractivity contribution >= 4 is 80.0 Å². The normalized spacial score (nSPS) is 20.5. The number of aromatic amines is 1. The standard InChI is InChI=1S/C51H67BrN12O8/c1-2-3-21-43(65)61-42-28-45(67)56-24-10-9-19-38(46(53)68)62-50(72)41(27-33-30-58-37-18-8-7-16-35(33)37)64-48(70)39(20-12-25-57-51(54)55)63-49(71)40(26-31-13-5-4-6-14-31)60-44(66)23-22-34-32(29-59-47(42)69)15-11-17-36(34)52/h4-8,11,13-18,30,38-42,58H,2-3,9-10,12,19-29H2,1H3,(H2,53,68)(H,56,67)(H,59,69)(H,60,66)(H,61,65)(H,62,72)(H,63,71)(H,64,70)(H4,54,55,57)/t38-,39-,40+,41-,42?/m0/s1. The zero-order valence-electron chi connectivity index (χ0n) is 40.5. The Bertz CT molecular complexity index is 2550. The number of benzene rings is 3. The third-order valence-corrected chi connectivity index (χ3v) is 13.0. The summed E-state index contributed by atoms with van der Waals surface area (Å²) < 4.78 is 0.668. The maximum absolute atomic E-state index is 14.5. The quantitative estimate of drug-likeness (QED) is 0.0524. The Morgan fingerprint density at radius 2 is 1.44 bits per heavy atom. The summed E-state index contributed by atoms with van der Waals surface area (Å²) in [5, 5.41) is 20.4. The number of halogens is 1. The highest BCUT2D eigenvalue weighted by Gasteiger charge is 2.32. The van der Waals surface area contributed by atoms with Crippen molar-refractivity contribution in [2.75, 3.05) is 13.1 Å². The molecule has 1 unspecified atom stereocenters. The minimum absolute atomic E-state index is 0.00402. The average Bonchev–Trinajstić information content (AvgIpc) is 3.76. The molecule has 0 saturated heterocycles. The molecule has 0 fully saturated rings. The number of amides is 8. The first-order chi connectivity index (χ1) is 34.6. The summed E-state index contributed by atoms with van der Waals surface area (Å²) in [4.78, 5) is 117. The molecule has 20 nitrogen and oxygen atoms in total. The third kappa shape index (κ3) is 17.8. The van der Waals surface area contributed by atoms with Crippen molar-refractivity contribution < 1.29 is 38.4 Å². The Morgan fingerprint density at radius 1 is 0.736 bits per heavy atom. The monoisotopic (exact) mass is 1050 g/mol. The van der Waals surface area contributed by atoms with Gasteiger partial charge in [0.25, 0.3) is 0 Å². The van der Waals surface area contributed by atoms with E-state index in [0.29, 0.717) is 40.4 Å². The summed E-state index contributed by atoms with van der Waals surface area (Å²) in [7, 11) is 0. The highest BCUT2D eigenvalue weighted by Crippen LogP contribution is 2.23. The van der Waals surface area contributed by atoms with Gasteiger partial charge in [-0.1, -0.05) is 89.9 Å². The number of primary amides is 1. The summed E-state index contributed by atoms with van der Waals surface area (Å²) in [5.74, 6) is -5.06. The molecular weight excluding hydrogens is 989 g/mol. The van der Waals surface area contributed by atoms with Crippen LogP contribution in [0.15, 0.2) is 88.5 Å². The lowest BCUT2D eigenvalue weighted by Crippen LogP contribution is -2.58. The average molecular weight is 1060 g/mol. The molecule has 386 valence electrons. The zero-order valence-corrected chi connectivity index (χ0v) is 42.1. The topological polar surface area (TPSA) is 327 Å². The van der Waals surface area contributed by atoms with E-state index < -0.39 is 71.6 Å². The van der Waals surface area contributed by atoms with Gasteiger partial charge in [0.05, 0.1) is 6.42 Å². The van der Waals surface area contributed by atoms with Crippen LogP contribution in [0.3, 0.4) is 0 Å². The number of H-pyrrole nitrogens is 1. The van der Waals surface area contributed by atoms with E-state index in [4.69, 9.17) is 17.2 Å². The van der Waals surface area contributed by atoms with Crippen LogP contribution in [0, 0.1) is 0 Å². The molecule has 0 aliphatic carbocycles. The molecular formula is C51H67BrN12O8. The Morgan fingerprint density at radius 3 is 2.19 bits per heavy atom. The number of nitrogens with two attached hydrogens (primary N) is 3. The van der Waals surface area contributed by atoms with Crippen LogP contribution in [0.5, 0.6) is 0 Å². The lowest BCUT2D eigenvalue weighted by atomic mass is 10.0. The molecule has 21 heteroatoms. The van der Waals surface area contributed by atoms with Gasteiger partial charge in [-0.2, -0.15) is 0 Å². The third-order valence-electron chi connectivity index (χ3n) is 12.2. The number of aliphatic imine (C=N–C) groups is 1. The first kappa shape index (κ1) is 55.6. The van der Waals surface area contributed by atoms with Crippen molar-refractivity contribution in [1.29, 1.82) is 0 Å². The second-order valence-electron chi connectivity index (χ2n) is 17.8. The van der Waals surface area contributed by atoms with E-state index in [1.807, 2.05) is 37.3 Å². The van der Waals surface area contributed by atoms with Crippen LogP contribution in [0.1, 0.15) is 93.4 Å². The van der Waals surface area contributed by atoms with E-state index in [1.165, 1.54) is 0 Å². The molecule has 0 spiro atoms. The van der Waals surface area contributed by atoms with Gasteiger partial charge in [0.2, 0.25) is 47.3 Å². The predicted octanol–water partition coefficient (Wildman–Crippen LogP) is 1.81. The number of nitrogens with one attached hydrogen (secondary N) is 8. The number of hydrogen-bond donors (Lipinski definition) is 11. The summed E-state index contributed by atoms with van der Waals surface area (Å²) in [6.45, 7) is 2.20. The number of aromatic nitrogens is 1. The van der Waals surface area contributed by atoms with Gasteiger partial charge in [0, 0.05) is 66.9 Å². The second-order valence-corrected chi connectivity index (χ2v) is 18.6. The van der Waals surface area contributed by atoms with Crippen molar-refractivity contribution in [3.05, 3.63) is 106 Å². The number of guanidine groups is 1. The van der Waals surface area contributed by atoms with Crippen LogP contribution in [0.2, 0.25) is 0 Å². The van der Waals surface area contributed by atoms with Gasteiger partial charge in [-0.05, 0) is 79.3 Å². The summed E-state index contributed by atoms with van der Waals surface area (Å²) >= 11 is 3.59. The Balaban J connectivity index is 1.49. The van der Waals surface area contributed by atoms with E-state index in [9.17, 15) is 38.4 Å². The van der Waals surface area contributed by atoms with Gasteiger partial charge in [-0.25, -0.2) is 0 Å². The fourth-order valence-corrected chi connectivity index (χ4v) is 8.90. The van der Waals surface area contributed by atoms with Gasteiger partial charge in [-0.15, -0.1) is 0 Å². The highest BCUT2D eigenvalue weighted by atomic mass is 79.9. The van der Waals surface area contributed by atoms with E-state index >= 15 is 0 Å². The number of para-hydroxylation sites is 1. The van der Waals surface area contributed by atoms with Crippen LogP contribution in [-0.2, 0) is 64.2 Å². The number of nitrogens with zero attached hydrogens (tertiary/aromatic N) is 1. The van der Waals surface area contributed by atoms with Crippen molar-refractivity contribution in [2.45, 2.75) is 127 Å². The fraction of sp³-hybridized carbons (Fsp3) is 0.431. The molecule has 5 rings (SSSR count). The smallest absolute Gasteiger partial charge is 0.243 e. The SMILES string of the molecule is CCCCC(=O)NC1CC(=O)NCCCC[C@@H](C(N)=O)NC(=O)[C@H](Cc2c[nH]c3ccccc23)NC(=O)[C@H](CCCN=C(N)N)NC(=O)[C@@H](Cc2ccccc2)NC(=O)CCc2c(Br)cccc2CNC1=O. The first-order valence-electron chi connectivity index (χ1n) is 24.4. The summed E-state index contributed by atoms with van der Waals surface area (Å²) in [5.41, 5.74) is 20.5. The van der Waals surface area contributed by atoms with Gasteiger partial charge >= 0.3 is 0 Å². The molecule has 72 heavy (non-hydrogen) atoms. The first-order valence-corrected chi connectivity index (χ1v) is 25.1. The van der Waals surface area contributed by atoms with Crippen LogP contribution < -0.4 is 54.4 Å². The predicted molar refractivity (Wildman–Crippen MR) is 276 cm³/mol. The largest absolute Gasteiger partial charge is 0.370 e. The van der Waals surface area contributed by atoms with Crippen molar-refractivity contribution in [1.82, 2.24) is 42.2 Å². The minimum Gasteiger partial charge on any atom is -0.370 e. The number of carbonyl (C=O) groups excluding carboxylic acids is 8. The number of fused-ring (bicyclic) bond motifs is 2. The van der Waals surface area contributed by atoms with Crippen LogP contribution in [0.4, 0.5) is 0 Å². The van der Waals surface area contributed by atoms with Gasteiger partial charge in [-0.3, -0.25) is 43.3 Å². The number of hydrogen-bond acceptors (Lipinski definition) is 9. The highest BCUT2D eigenvalue weighted by molar-refractivity contribution is 9.10. The lowest BCUT2D eigenvalue weighted by Gasteiger charge is -2.26. The van der Waals surface area contributed by atoms with Crippen LogP contribution in [0.25, 0.3) is 10.9 Å². The van der Waals surface area contributed by atoms with Gasteiger partial charge < -0.3 is 59.4 Å². The number of carbonyl (C=O) groups is 8. The maximum Gasteiger partial charge on any atom is 0.243 e. The molecule has 4 aromatic rings. The van der Waals surface area contributed by atoms with E-state index in [-0.39, 0.29) is 89.3 Å². The lowest BCUT2D eigenvalue weighted by molar-refractivity contribution is -0.134. The Kier molecular flexibility index (Phi) is 22.0. The second kappa shape index (κ2) is 28.5. The molecule has 1 aromatic heterocycles. The number of rotatable bonds is 13. The number of unbranched alkanes of at least 4 members (excludes halogenated alkanes) is 1. The molecule has 1 aliphatic rings. The Labute approximate surface area is 427 Å². The molecule has 5 atom stereocenters. The molecule has 0 bridgehead atoms.